The van der Waals surface area contributed by atoms with Crippen LogP contribution >= 0.6 is 12.6 Å². The summed E-state index contributed by atoms with van der Waals surface area (Å²) >= 11 is 3.53. The smallest absolute Gasteiger partial charge is 0.155 e. The van der Waals surface area contributed by atoms with E-state index in [0.717, 1.165) is 6.61 Å². The quantitative estimate of drug-likeness (QED) is 0.798. The Balaban J connectivity index is 0.000000531. The van der Waals surface area contributed by atoms with Crippen LogP contribution in [0.3, 0.4) is 0 Å². The van der Waals surface area contributed by atoms with E-state index in [0.29, 0.717) is 17.2 Å². The van der Waals surface area contributed by atoms with Crippen LogP contribution in [0.4, 0.5) is 0 Å². The lowest BCUT2D eigenvalue weighted by Crippen LogP contribution is -2.00. The third-order valence-electron chi connectivity index (χ3n) is 2.08. The zero-order chi connectivity index (χ0) is 11.1. The molecule has 0 atom stereocenters. The van der Waals surface area contributed by atoms with Crippen molar-refractivity contribution in [2.45, 2.75) is 12.8 Å². The molecule has 1 fully saturated rings. The molecule has 0 aromatic carbocycles. The Bertz CT molecular complexity index is 345. The molecule has 0 spiro atoms. The molecule has 0 radical (unpaired) electrons. The molecule has 15 heavy (non-hydrogen) atoms. The molecule has 0 unspecified atom stereocenters. The number of pyridine rings is 1. The van der Waals surface area contributed by atoms with Crippen molar-refractivity contribution in [3.05, 3.63) is 24.0 Å². The topological polar surface area (TPSA) is 45.9 Å². The van der Waals surface area contributed by atoms with Gasteiger partial charge in [0.2, 0.25) is 0 Å². The minimum atomic E-state index is 0.565. The summed E-state index contributed by atoms with van der Waals surface area (Å²) in [7, 11) is 0. The van der Waals surface area contributed by atoms with E-state index in [-0.39, 0.29) is 0 Å². The molecule has 80 valence electrons. The Morgan fingerprint density at radius 1 is 1.60 bits per heavy atom. The standard InChI is InChI=1S/C10H10N2O.CH4S/c11-5-9-3-4-12-6-10(9)13-7-8-1-2-8;1-2/h3-4,6,8H,1-2,7H2;2H,1H3. The van der Waals surface area contributed by atoms with E-state index in [1.54, 1.807) is 24.7 Å². The molecule has 0 amide bonds. The molecule has 0 saturated heterocycles. The van der Waals surface area contributed by atoms with Gasteiger partial charge in [-0.15, -0.1) is 0 Å². The lowest BCUT2D eigenvalue weighted by Gasteiger charge is -2.04. The normalized spacial score (nSPS) is 13.4. The predicted octanol–water partition coefficient (Wildman–Crippen LogP) is 2.29. The fourth-order valence-corrected chi connectivity index (χ4v) is 1.08. The van der Waals surface area contributed by atoms with E-state index in [4.69, 9.17) is 10.00 Å². The summed E-state index contributed by atoms with van der Waals surface area (Å²) in [5, 5.41) is 8.74. The van der Waals surface area contributed by atoms with Gasteiger partial charge in [-0.25, -0.2) is 0 Å². The summed E-state index contributed by atoms with van der Waals surface area (Å²) in [4.78, 5) is 3.92. The highest BCUT2D eigenvalue weighted by Gasteiger charge is 2.22. The second kappa shape index (κ2) is 6.31. The van der Waals surface area contributed by atoms with Crippen LogP contribution in [-0.4, -0.2) is 17.8 Å². The number of hydrogen-bond donors (Lipinski definition) is 1. The predicted molar refractivity (Wildman–Crippen MR) is 62.1 cm³/mol. The molecule has 1 saturated carbocycles. The van der Waals surface area contributed by atoms with Crippen LogP contribution in [0.5, 0.6) is 5.75 Å². The van der Waals surface area contributed by atoms with Crippen molar-refractivity contribution >= 4 is 12.6 Å². The monoisotopic (exact) mass is 222 g/mol. The number of nitriles is 1. The fourth-order valence-electron chi connectivity index (χ4n) is 1.08. The van der Waals surface area contributed by atoms with Crippen LogP contribution in [-0.2, 0) is 0 Å². The van der Waals surface area contributed by atoms with Crippen LogP contribution in [0.15, 0.2) is 18.5 Å². The van der Waals surface area contributed by atoms with E-state index in [2.05, 4.69) is 23.7 Å². The lowest BCUT2D eigenvalue weighted by atomic mass is 10.3. The number of thiol groups is 1. The molecular formula is C11H14N2OS. The van der Waals surface area contributed by atoms with Crippen molar-refractivity contribution in [1.82, 2.24) is 4.98 Å². The van der Waals surface area contributed by atoms with Crippen molar-refractivity contribution in [2.24, 2.45) is 5.92 Å². The van der Waals surface area contributed by atoms with Gasteiger partial charge in [0, 0.05) is 6.20 Å². The van der Waals surface area contributed by atoms with E-state index in [1.807, 2.05) is 0 Å². The highest BCUT2D eigenvalue weighted by Crippen LogP contribution is 2.29. The number of ether oxygens (including phenoxy) is 1. The Morgan fingerprint density at radius 2 is 2.33 bits per heavy atom. The summed E-state index contributed by atoms with van der Waals surface area (Å²) in [6, 6.07) is 3.74. The second-order valence-electron chi connectivity index (χ2n) is 3.24. The highest BCUT2D eigenvalue weighted by molar-refractivity contribution is 7.79. The minimum absolute atomic E-state index is 0.565. The van der Waals surface area contributed by atoms with Gasteiger partial charge in [0.1, 0.15) is 6.07 Å². The second-order valence-corrected chi connectivity index (χ2v) is 3.24. The minimum Gasteiger partial charge on any atom is -0.490 e. The Morgan fingerprint density at radius 3 is 2.93 bits per heavy atom. The van der Waals surface area contributed by atoms with E-state index in [9.17, 15) is 0 Å². The summed E-state index contributed by atoms with van der Waals surface area (Å²) in [5.74, 6) is 1.31. The first-order chi connectivity index (χ1) is 7.40. The summed E-state index contributed by atoms with van der Waals surface area (Å²) in [5.41, 5.74) is 0.565. The molecule has 0 aliphatic heterocycles. The molecule has 1 aromatic heterocycles. The first-order valence-electron chi connectivity index (χ1n) is 4.82. The first kappa shape index (κ1) is 11.9. The highest BCUT2D eigenvalue weighted by atomic mass is 32.1. The van der Waals surface area contributed by atoms with Crippen LogP contribution in [0.1, 0.15) is 18.4 Å². The van der Waals surface area contributed by atoms with Crippen molar-refractivity contribution in [3.8, 4) is 11.8 Å². The summed E-state index contributed by atoms with van der Waals surface area (Å²) < 4.78 is 5.47. The molecular weight excluding hydrogens is 208 g/mol. The van der Waals surface area contributed by atoms with Gasteiger partial charge in [-0.2, -0.15) is 17.9 Å². The summed E-state index contributed by atoms with van der Waals surface area (Å²) in [6.07, 6.45) is 7.40. The van der Waals surface area contributed by atoms with Crippen molar-refractivity contribution < 1.29 is 4.74 Å². The van der Waals surface area contributed by atoms with Crippen molar-refractivity contribution in [2.75, 3.05) is 12.9 Å². The third kappa shape index (κ3) is 3.80. The van der Waals surface area contributed by atoms with Gasteiger partial charge in [0.25, 0.3) is 0 Å². The van der Waals surface area contributed by atoms with Crippen LogP contribution < -0.4 is 4.74 Å². The maximum absolute atomic E-state index is 8.74. The number of hydrogen-bond acceptors (Lipinski definition) is 4. The Labute approximate surface area is 95.5 Å². The molecule has 4 heteroatoms. The first-order valence-corrected chi connectivity index (χ1v) is 5.71. The molecule has 3 nitrogen and oxygen atoms in total. The van der Waals surface area contributed by atoms with Crippen LogP contribution in [0, 0.1) is 17.2 Å². The van der Waals surface area contributed by atoms with Crippen molar-refractivity contribution in [1.29, 1.82) is 5.26 Å². The van der Waals surface area contributed by atoms with Gasteiger partial charge < -0.3 is 4.74 Å². The molecule has 2 rings (SSSR count). The molecule has 0 bridgehead atoms. The Kier molecular flexibility index (Phi) is 4.99. The molecule has 1 aliphatic carbocycles. The molecule has 0 N–H and O–H groups in total. The average molecular weight is 222 g/mol. The van der Waals surface area contributed by atoms with E-state index in [1.165, 1.54) is 12.8 Å². The maximum Gasteiger partial charge on any atom is 0.155 e. The molecule has 1 aromatic rings. The maximum atomic E-state index is 8.74. The van der Waals surface area contributed by atoms with Gasteiger partial charge in [0.05, 0.1) is 18.4 Å². The zero-order valence-corrected chi connectivity index (χ0v) is 9.58. The van der Waals surface area contributed by atoms with Gasteiger partial charge in [-0.3, -0.25) is 4.98 Å². The van der Waals surface area contributed by atoms with Gasteiger partial charge in [0.15, 0.2) is 5.75 Å². The van der Waals surface area contributed by atoms with Gasteiger partial charge in [-0.1, -0.05) is 0 Å². The average Bonchev–Trinajstić information content (AvgIpc) is 3.13. The van der Waals surface area contributed by atoms with Crippen molar-refractivity contribution in [3.63, 3.8) is 0 Å². The third-order valence-corrected chi connectivity index (χ3v) is 2.08. The summed E-state index contributed by atoms with van der Waals surface area (Å²) in [6.45, 7) is 0.723. The van der Waals surface area contributed by atoms with Gasteiger partial charge in [-0.05, 0) is 31.1 Å². The van der Waals surface area contributed by atoms with Crippen LogP contribution in [0.25, 0.3) is 0 Å². The van der Waals surface area contributed by atoms with E-state index >= 15 is 0 Å². The SMILES string of the molecule is CS.N#Cc1ccncc1OCC1CC1. The number of aromatic nitrogens is 1. The molecule has 1 heterocycles. The number of nitrogens with zero attached hydrogens (tertiary/aromatic N) is 2. The number of rotatable bonds is 3. The van der Waals surface area contributed by atoms with Gasteiger partial charge >= 0.3 is 0 Å². The van der Waals surface area contributed by atoms with Crippen LogP contribution in [0.2, 0.25) is 0 Å². The molecule has 1 aliphatic rings. The largest absolute Gasteiger partial charge is 0.490 e. The lowest BCUT2D eigenvalue weighted by molar-refractivity contribution is 0.298. The van der Waals surface area contributed by atoms with E-state index < -0.39 is 0 Å². The fraction of sp³-hybridized carbons (Fsp3) is 0.455. The zero-order valence-electron chi connectivity index (χ0n) is 8.68. The Hall–Kier alpha value is -1.21.